The number of aromatic carboxylic acids is 1. The van der Waals surface area contributed by atoms with Crippen LogP contribution in [0.15, 0.2) is 35.8 Å². The summed E-state index contributed by atoms with van der Waals surface area (Å²) in [5.74, 6) is -1.18. The molecule has 1 atom stereocenters. The van der Waals surface area contributed by atoms with Gasteiger partial charge < -0.3 is 15.7 Å². The van der Waals surface area contributed by atoms with E-state index in [0.717, 1.165) is 11.3 Å². The second-order valence-corrected chi connectivity index (χ2v) is 5.26. The molecule has 1 unspecified atom stereocenters. The van der Waals surface area contributed by atoms with Gasteiger partial charge in [0.2, 0.25) is 0 Å². The van der Waals surface area contributed by atoms with Crippen LogP contribution in [0.3, 0.4) is 0 Å². The average Bonchev–Trinajstić information content (AvgIpc) is 2.99. The van der Waals surface area contributed by atoms with Crippen LogP contribution >= 0.6 is 11.3 Å². The van der Waals surface area contributed by atoms with E-state index in [2.05, 4.69) is 15.6 Å². The summed E-state index contributed by atoms with van der Waals surface area (Å²) in [6.45, 7) is 1.97. The maximum absolute atomic E-state index is 12.0. The highest BCUT2D eigenvalue weighted by Crippen LogP contribution is 2.22. The van der Waals surface area contributed by atoms with Crippen LogP contribution in [0.5, 0.6) is 0 Å². The van der Waals surface area contributed by atoms with E-state index >= 15 is 0 Å². The lowest BCUT2D eigenvalue weighted by Crippen LogP contribution is -2.32. The van der Waals surface area contributed by atoms with Crippen LogP contribution in [-0.2, 0) is 0 Å². The van der Waals surface area contributed by atoms with Gasteiger partial charge >= 0.3 is 12.0 Å². The SMILES string of the molecule is CCC(NC(=O)Nc1cccnc1C(=O)O)c1cccs1. The molecule has 3 N–H and O–H groups in total. The van der Waals surface area contributed by atoms with Gasteiger partial charge in [0.15, 0.2) is 5.69 Å². The van der Waals surface area contributed by atoms with Gasteiger partial charge in [0.05, 0.1) is 11.7 Å². The van der Waals surface area contributed by atoms with E-state index in [9.17, 15) is 9.59 Å². The number of hydrogen-bond donors (Lipinski definition) is 3. The van der Waals surface area contributed by atoms with Gasteiger partial charge in [-0.05, 0) is 30.0 Å². The molecule has 0 saturated carbocycles. The molecule has 2 amide bonds. The van der Waals surface area contributed by atoms with Gasteiger partial charge in [-0.15, -0.1) is 11.3 Å². The Morgan fingerprint density at radius 1 is 1.38 bits per heavy atom. The number of amides is 2. The zero-order valence-electron chi connectivity index (χ0n) is 11.4. The van der Waals surface area contributed by atoms with E-state index < -0.39 is 12.0 Å². The standard InChI is InChI=1S/C14H15N3O3S/c1-2-9(11-6-4-8-21-11)16-14(20)17-10-5-3-7-15-12(10)13(18)19/h3-9H,2H2,1H3,(H,18,19)(H2,16,17,20). The number of thiophene rings is 1. The fourth-order valence-corrected chi connectivity index (χ4v) is 2.72. The first-order valence-electron chi connectivity index (χ1n) is 6.41. The number of rotatable bonds is 5. The smallest absolute Gasteiger partial charge is 0.356 e. The molecular weight excluding hydrogens is 290 g/mol. The molecule has 0 aromatic carbocycles. The Morgan fingerprint density at radius 3 is 2.81 bits per heavy atom. The normalized spacial score (nSPS) is 11.7. The molecule has 2 heterocycles. The van der Waals surface area contributed by atoms with E-state index in [1.165, 1.54) is 12.3 Å². The largest absolute Gasteiger partial charge is 0.476 e. The number of carboxylic acid groups (broad SMARTS) is 1. The van der Waals surface area contributed by atoms with Crippen molar-refractivity contribution in [2.75, 3.05) is 5.32 Å². The van der Waals surface area contributed by atoms with Crippen molar-refractivity contribution >= 4 is 29.0 Å². The molecule has 0 fully saturated rings. The zero-order chi connectivity index (χ0) is 15.2. The van der Waals surface area contributed by atoms with E-state index in [0.29, 0.717) is 0 Å². The van der Waals surface area contributed by atoms with E-state index in [-0.39, 0.29) is 17.4 Å². The lowest BCUT2D eigenvalue weighted by Gasteiger charge is -2.16. The van der Waals surface area contributed by atoms with Gasteiger partial charge in [-0.1, -0.05) is 13.0 Å². The van der Waals surface area contributed by atoms with Crippen molar-refractivity contribution in [3.05, 3.63) is 46.4 Å². The fourth-order valence-electron chi connectivity index (χ4n) is 1.86. The average molecular weight is 305 g/mol. The molecule has 0 spiro atoms. The first-order chi connectivity index (χ1) is 10.1. The molecule has 2 rings (SSSR count). The minimum absolute atomic E-state index is 0.102. The quantitative estimate of drug-likeness (QED) is 0.791. The molecule has 2 aromatic rings. The summed E-state index contributed by atoms with van der Waals surface area (Å²) in [4.78, 5) is 27.8. The Morgan fingerprint density at radius 2 is 2.19 bits per heavy atom. The van der Waals surface area contributed by atoms with Gasteiger partial charge in [0, 0.05) is 11.1 Å². The van der Waals surface area contributed by atoms with Gasteiger partial charge in [-0.3, -0.25) is 0 Å². The monoisotopic (exact) mass is 305 g/mol. The number of nitrogens with one attached hydrogen (secondary N) is 2. The van der Waals surface area contributed by atoms with Crippen LogP contribution in [0.1, 0.15) is 34.8 Å². The number of carbonyl (C=O) groups is 2. The third-order valence-corrected chi connectivity index (χ3v) is 3.84. The Bertz CT molecular complexity index is 628. The van der Waals surface area contributed by atoms with Gasteiger partial charge in [-0.25, -0.2) is 14.6 Å². The molecule has 0 aliphatic rings. The van der Waals surface area contributed by atoms with E-state index in [1.54, 1.807) is 17.4 Å². The summed E-state index contributed by atoms with van der Waals surface area (Å²) in [5, 5.41) is 16.3. The highest BCUT2D eigenvalue weighted by atomic mass is 32.1. The number of carbonyl (C=O) groups excluding carboxylic acids is 1. The number of pyridine rings is 1. The second-order valence-electron chi connectivity index (χ2n) is 4.28. The van der Waals surface area contributed by atoms with Crippen molar-refractivity contribution in [1.29, 1.82) is 0 Å². The summed E-state index contributed by atoms with van der Waals surface area (Å²) < 4.78 is 0. The van der Waals surface area contributed by atoms with Crippen molar-refractivity contribution in [3.8, 4) is 0 Å². The first-order valence-corrected chi connectivity index (χ1v) is 7.29. The molecular formula is C14H15N3O3S. The van der Waals surface area contributed by atoms with Crippen molar-refractivity contribution in [2.24, 2.45) is 0 Å². The second kappa shape index (κ2) is 6.85. The third kappa shape index (κ3) is 3.79. The summed E-state index contributed by atoms with van der Waals surface area (Å²) in [6, 6.07) is 6.39. The lowest BCUT2D eigenvalue weighted by atomic mass is 10.2. The Labute approximate surface area is 125 Å². The number of aromatic nitrogens is 1. The van der Waals surface area contributed by atoms with Crippen LogP contribution in [-0.4, -0.2) is 22.1 Å². The molecule has 0 saturated heterocycles. The first kappa shape index (κ1) is 15.0. The Balaban J connectivity index is 2.07. The summed E-state index contributed by atoms with van der Waals surface area (Å²) in [7, 11) is 0. The van der Waals surface area contributed by atoms with Crippen molar-refractivity contribution in [2.45, 2.75) is 19.4 Å². The topological polar surface area (TPSA) is 91.3 Å². The molecule has 6 nitrogen and oxygen atoms in total. The predicted octanol–water partition coefficient (Wildman–Crippen LogP) is 3.11. The van der Waals surface area contributed by atoms with Gasteiger partial charge in [-0.2, -0.15) is 0 Å². The number of nitrogens with zero attached hydrogens (tertiary/aromatic N) is 1. The minimum Gasteiger partial charge on any atom is -0.476 e. The van der Waals surface area contributed by atoms with Crippen molar-refractivity contribution in [1.82, 2.24) is 10.3 Å². The van der Waals surface area contributed by atoms with Crippen molar-refractivity contribution in [3.63, 3.8) is 0 Å². The molecule has 7 heteroatoms. The summed E-state index contributed by atoms with van der Waals surface area (Å²) in [5.41, 5.74) is -0.0136. The van der Waals surface area contributed by atoms with Gasteiger partial charge in [0.1, 0.15) is 0 Å². The van der Waals surface area contributed by atoms with Crippen LogP contribution < -0.4 is 10.6 Å². The van der Waals surface area contributed by atoms with E-state index in [4.69, 9.17) is 5.11 Å². The molecule has 110 valence electrons. The molecule has 0 bridgehead atoms. The minimum atomic E-state index is -1.18. The van der Waals surface area contributed by atoms with E-state index in [1.807, 2.05) is 24.4 Å². The fraction of sp³-hybridized carbons (Fsp3) is 0.214. The van der Waals surface area contributed by atoms with Crippen LogP contribution in [0.25, 0.3) is 0 Å². The number of urea groups is 1. The Kier molecular flexibility index (Phi) is 4.89. The zero-order valence-corrected chi connectivity index (χ0v) is 12.2. The lowest BCUT2D eigenvalue weighted by molar-refractivity contribution is 0.0692. The Hall–Kier alpha value is -2.41. The van der Waals surface area contributed by atoms with Crippen LogP contribution in [0.4, 0.5) is 10.5 Å². The van der Waals surface area contributed by atoms with Crippen LogP contribution in [0.2, 0.25) is 0 Å². The predicted molar refractivity (Wildman–Crippen MR) is 80.7 cm³/mol. The number of anilines is 1. The van der Waals surface area contributed by atoms with Crippen LogP contribution in [0, 0.1) is 0 Å². The highest BCUT2D eigenvalue weighted by Gasteiger charge is 2.16. The molecule has 21 heavy (non-hydrogen) atoms. The molecule has 0 aliphatic carbocycles. The van der Waals surface area contributed by atoms with Gasteiger partial charge in [0.25, 0.3) is 0 Å². The molecule has 0 aliphatic heterocycles. The third-order valence-electron chi connectivity index (χ3n) is 2.86. The highest BCUT2D eigenvalue weighted by molar-refractivity contribution is 7.10. The number of carboxylic acids is 1. The maximum Gasteiger partial charge on any atom is 0.356 e. The van der Waals surface area contributed by atoms with Crippen molar-refractivity contribution < 1.29 is 14.7 Å². The molecule has 0 radical (unpaired) electrons. The summed E-state index contributed by atoms with van der Waals surface area (Å²) >= 11 is 1.56. The summed E-state index contributed by atoms with van der Waals surface area (Å²) in [6.07, 6.45) is 2.11. The maximum atomic E-state index is 12.0. The number of hydrogen-bond acceptors (Lipinski definition) is 4. The molecule has 2 aromatic heterocycles.